The van der Waals surface area contributed by atoms with Crippen LogP contribution in [0.3, 0.4) is 0 Å². The van der Waals surface area contributed by atoms with Gasteiger partial charge in [0.15, 0.2) is 11.5 Å². The molecular weight excluding hydrogens is 182 g/mol. The van der Waals surface area contributed by atoms with Crippen molar-refractivity contribution in [3.8, 4) is 11.5 Å². The normalized spacial score (nSPS) is 13.7. The number of para-hydroxylation sites is 1. The highest BCUT2D eigenvalue weighted by atomic mass is 16.6. The van der Waals surface area contributed by atoms with E-state index in [2.05, 4.69) is 0 Å². The highest BCUT2D eigenvalue weighted by Crippen LogP contribution is 2.34. The molecule has 1 radical (unpaired) electrons. The largest absolute Gasteiger partial charge is 0.486 e. The van der Waals surface area contributed by atoms with E-state index in [-0.39, 0.29) is 0 Å². The molecule has 73 valence electrons. The maximum absolute atomic E-state index is 10.7. The third kappa shape index (κ3) is 1.64. The molecule has 14 heavy (non-hydrogen) atoms. The van der Waals surface area contributed by atoms with E-state index in [1.807, 2.05) is 0 Å². The molecule has 1 aromatic carbocycles. The zero-order chi connectivity index (χ0) is 9.97. The van der Waals surface area contributed by atoms with Crippen molar-refractivity contribution in [1.29, 1.82) is 0 Å². The van der Waals surface area contributed by atoms with Crippen LogP contribution in [-0.4, -0.2) is 19.1 Å². The predicted octanol–water partition coefficient (Wildman–Crippen LogP) is 0.495. The Hall–Kier alpha value is -1.71. The van der Waals surface area contributed by atoms with E-state index >= 15 is 0 Å². The monoisotopic (exact) mass is 192 g/mol. The van der Waals surface area contributed by atoms with Gasteiger partial charge in [0.1, 0.15) is 13.2 Å². The van der Waals surface area contributed by atoms with E-state index in [1.165, 1.54) is 6.42 Å². The van der Waals surface area contributed by atoms with E-state index < -0.39 is 5.91 Å². The molecule has 0 bridgehead atoms. The van der Waals surface area contributed by atoms with Crippen LogP contribution in [-0.2, 0) is 4.79 Å². The third-order valence-electron chi connectivity index (χ3n) is 1.89. The second-order valence-electron chi connectivity index (χ2n) is 2.92. The Bertz CT molecular complexity index is 362. The molecule has 1 aromatic rings. The van der Waals surface area contributed by atoms with Gasteiger partial charge in [-0.05, 0) is 6.07 Å². The molecular formula is C10H10NO3. The number of nitrogens with two attached hydrogens (primary N) is 1. The fourth-order valence-corrected chi connectivity index (χ4v) is 1.36. The number of carbonyl (C=O) groups excluding carboxylic acids is 1. The number of ether oxygens (including phenoxy) is 2. The summed E-state index contributed by atoms with van der Waals surface area (Å²) in [7, 11) is 0. The van der Waals surface area contributed by atoms with Crippen LogP contribution in [0.4, 0.5) is 0 Å². The number of amides is 1. The number of hydrogen-bond donors (Lipinski definition) is 1. The lowest BCUT2D eigenvalue weighted by Crippen LogP contribution is -2.18. The smallest absolute Gasteiger partial charge is 0.226 e. The van der Waals surface area contributed by atoms with Crippen molar-refractivity contribution in [2.45, 2.75) is 0 Å². The van der Waals surface area contributed by atoms with Crippen LogP contribution in [0, 0.1) is 6.42 Å². The summed E-state index contributed by atoms with van der Waals surface area (Å²) in [6, 6.07) is 5.35. The number of hydrogen-bond acceptors (Lipinski definition) is 3. The summed E-state index contributed by atoms with van der Waals surface area (Å²) in [6.45, 7) is 1.03. The lowest BCUT2D eigenvalue weighted by atomic mass is 10.1. The molecule has 1 aliphatic heterocycles. The molecule has 0 spiro atoms. The first-order chi connectivity index (χ1) is 6.77. The van der Waals surface area contributed by atoms with Gasteiger partial charge in [-0.1, -0.05) is 12.1 Å². The molecule has 1 amide bonds. The molecule has 1 aliphatic rings. The van der Waals surface area contributed by atoms with Crippen LogP contribution in [0.25, 0.3) is 0 Å². The lowest BCUT2D eigenvalue weighted by molar-refractivity contribution is -0.114. The average Bonchev–Trinajstić information content (AvgIpc) is 2.18. The van der Waals surface area contributed by atoms with Crippen LogP contribution >= 0.6 is 0 Å². The fraction of sp³-hybridized carbons (Fsp3) is 0.200. The first-order valence-corrected chi connectivity index (χ1v) is 4.30. The Morgan fingerprint density at radius 3 is 2.93 bits per heavy atom. The number of fused-ring (bicyclic) bond motifs is 1. The standard InChI is InChI=1S/C10H10NO3/c11-9(12)6-7-2-1-3-8-10(7)14-5-4-13-8/h1-3,6H,4-5H2,(H2,11,12). The molecule has 0 unspecified atom stereocenters. The first-order valence-electron chi connectivity index (χ1n) is 4.30. The summed E-state index contributed by atoms with van der Waals surface area (Å²) in [5.41, 5.74) is 5.73. The van der Waals surface area contributed by atoms with Gasteiger partial charge in [0, 0.05) is 5.56 Å². The third-order valence-corrected chi connectivity index (χ3v) is 1.89. The van der Waals surface area contributed by atoms with Crippen molar-refractivity contribution in [2.24, 2.45) is 5.73 Å². The maximum atomic E-state index is 10.7. The minimum absolute atomic E-state index is 0.493. The van der Waals surface area contributed by atoms with Gasteiger partial charge in [-0.3, -0.25) is 4.79 Å². The van der Waals surface area contributed by atoms with Gasteiger partial charge in [0.2, 0.25) is 5.91 Å². The van der Waals surface area contributed by atoms with E-state index in [4.69, 9.17) is 15.2 Å². The predicted molar refractivity (Wildman–Crippen MR) is 50.0 cm³/mol. The minimum atomic E-state index is -0.493. The zero-order valence-corrected chi connectivity index (χ0v) is 7.53. The van der Waals surface area contributed by atoms with Crippen LogP contribution in [0.15, 0.2) is 18.2 Å². The molecule has 0 atom stereocenters. The van der Waals surface area contributed by atoms with Crippen molar-refractivity contribution in [3.05, 3.63) is 30.2 Å². The highest BCUT2D eigenvalue weighted by molar-refractivity contribution is 5.88. The Kier molecular flexibility index (Phi) is 2.26. The van der Waals surface area contributed by atoms with Gasteiger partial charge in [0.25, 0.3) is 0 Å². The number of rotatable bonds is 2. The van der Waals surface area contributed by atoms with Gasteiger partial charge in [0.05, 0.1) is 6.42 Å². The van der Waals surface area contributed by atoms with Crippen molar-refractivity contribution >= 4 is 5.91 Å². The molecule has 1 heterocycles. The van der Waals surface area contributed by atoms with E-state index in [1.54, 1.807) is 18.2 Å². The summed E-state index contributed by atoms with van der Waals surface area (Å²) in [6.07, 6.45) is 1.33. The summed E-state index contributed by atoms with van der Waals surface area (Å²) >= 11 is 0. The minimum Gasteiger partial charge on any atom is -0.486 e. The zero-order valence-electron chi connectivity index (χ0n) is 7.53. The molecule has 4 heteroatoms. The SMILES string of the molecule is NC(=O)[CH]c1cccc2c1OCCO2. The second-order valence-corrected chi connectivity index (χ2v) is 2.92. The Balaban J connectivity index is 2.35. The van der Waals surface area contributed by atoms with E-state index in [0.29, 0.717) is 30.3 Å². The number of benzene rings is 1. The van der Waals surface area contributed by atoms with Crippen LogP contribution in [0.1, 0.15) is 5.56 Å². The molecule has 0 saturated carbocycles. The van der Waals surface area contributed by atoms with Gasteiger partial charge in [-0.2, -0.15) is 0 Å². The number of primary amides is 1. The maximum Gasteiger partial charge on any atom is 0.226 e. The molecule has 2 rings (SSSR count). The lowest BCUT2D eigenvalue weighted by Gasteiger charge is -2.20. The Labute approximate surface area is 81.6 Å². The fourth-order valence-electron chi connectivity index (χ4n) is 1.36. The molecule has 0 aliphatic carbocycles. The molecule has 0 saturated heterocycles. The topological polar surface area (TPSA) is 61.6 Å². The molecule has 2 N–H and O–H groups in total. The van der Waals surface area contributed by atoms with Crippen molar-refractivity contribution in [2.75, 3.05) is 13.2 Å². The Morgan fingerprint density at radius 2 is 2.14 bits per heavy atom. The summed E-state index contributed by atoms with van der Waals surface area (Å²) in [5, 5.41) is 0. The van der Waals surface area contributed by atoms with Gasteiger partial charge < -0.3 is 15.2 Å². The van der Waals surface area contributed by atoms with Gasteiger partial charge in [-0.15, -0.1) is 0 Å². The number of carbonyl (C=O) groups is 1. The van der Waals surface area contributed by atoms with Crippen LogP contribution in [0.5, 0.6) is 11.5 Å². The van der Waals surface area contributed by atoms with Crippen molar-refractivity contribution in [1.82, 2.24) is 0 Å². The van der Waals surface area contributed by atoms with Gasteiger partial charge in [-0.25, -0.2) is 0 Å². The van der Waals surface area contributed by atoms with Crippen molar-refractivity contribution in [3.63, 3.8) is 0 Å². The summed E-state index contributed by atoms with van der Waals surface area (Å²) < 4.78 is 10.7. The highest BCUT2D eigenvalue weighted by Gasteiger charge is 2.16. The Morgan fingerprint density at radius 1 is 1.36 bits per heavy atom. The van der Waals surface area contributed by atoms with Crippen LogP contribution in [0.2, 0.25) is 0 Å². The second kappa shape index (κ2) is 3.57. The molecule has 0 aromatic heterocycles. The molecule has 0 fully saturated rings. The summed E-state index contributed by atoms with van der Waals surface area (Å²) in [5.74, 6) is 0.761. The molecule has 4 nitrogen and oxygen atoms in total. The van der Waals surface area contributed by atoms with Crippen LogP contribution < -0.4 is 15.2 Å². The first kappa shape index (κ1) is 8.87. The average molecular weight is 192 g/mol. The quantitative estimate of drug-likeness (QED) is 0.742. The van der Waals surface area contributed by atoms with E-state index in [9.17, 15) is 4.79 Å². The van der Waals surface area contributed by atoms with Gasteiger partial charge >= 0.3 is 0 Å². The summed E-state index contributed by atoms with van der Waals surface area (Å²) in [4.78, 5) is 10.7. The van der Waals surface area contributed by atoms with Crippen molar-refractivity contribution < 1.29 is 14.3 Å². The van der Waals surface area contributed by atoms with E-state index in [0.717, 1.165) is 0 Å².